The van der Waals surface area contributed by atoms with Crippen molar-refractivity contribution in [2.24, 2.45) is 0 Å². The Kier molecular flexibility index (Phi) is 5.94. The number of piperazine rings is 1. The summed E-state index contributed by atoms with van der Waals surface area (Å²) in [6.45, 7) is 3.56. The number of hydrogen-bond acceptors (Lipinski definition) is 5. The molecular formula is C22H25N5O3. The van der Waals surface area contributed by atoms with Crippen LogP contribution in [0, 0.1) is 0 Å². The van der Waals surface area contributed by atoms with E-state index < -0.39 is 0 Å². The highest BCUT2D eigenvalue weighted by atomic mass is 16.5. The van der Waals surface area contributed by atoms with Crippen LogP contribution in [0.1, 0.15) is 20.8 Å². The molecule has 0 bridgehead atoms. The number of ether oxygens (including phenoxy) is 1. The Hall–Kier alpha value is -3.39. The van der Waals surface area contributed by atoms with Crippen LogP contribution in [-0.4, -0.2) is 73.1 Å². The van der Waals surface area contributed by atoms with Crippen molar-refractivity contribution in [1.82, 2.24) is 20.2 Å². The minimum absolute atomic E-state index is 0.0156. The van der Waals surface area contributed by atoms with Gasteiger partial charge in [-0.3, -0.25) is 9.59 Å². The van der Waals surface area contributed by atoms with E-state index in [9.17, 15) is 9.59 Å². The third-order valence-electron chi connectivity index (χ3n) is 5.25. The molecule has 1 aromatic carbocycles. The Labute approximate surface area is 174 Å². The number of anilines is 1. The second-order valence-corrected chi connectivity index (χ2v) is 7.20. The summed E-state index contributed by atoms with van der Waals surface area (Å²) in [7, 11) is 1.59. The Balaban J connectivity index is 1.33. The number of methoxy groups -OCH3 is 1. The van der Waals surface area contributed by atoms with Gasteiger partial charge in [0.2, 0.25) is 0 Å². The van der Waals surface area contributed by atoms with Gasteiger partial charge in [0.1, 0.15) is 11.5 Å². The minimum Gasteiger partial charge on any atom is -0.383 e. The lowest BCUT2D eigenvalue weighted by Gasteiger charge is -2.35. The second-order valence-electron chi connectivity index (χ2n) is 7.20. The predicted octanol–water partition coefficient (Wildman–Crippen LogP) is 1.90. The normalized spacial score (nSPS) is 14.2. The zero-order chi connectivity index (χ0) is 20.9. The van der Waals surface area contributed by atoms with E-state index in [1.807, 2.05) is 41.3 Å². The number of H-pyrrole nitrogens is 1. The Bertz CT molecular complexity index is 990. The molecule has 1 fully saturated rings. The molecule has 0 spiro atoms. The molecule has 2 amide bonds. The van der Waals surface area contributed by atoms with Crippen LogP contribution in [0.25, 0.3) is 10.9 Å². The average Bonchev–Trinajstić information content (AvgIpc) is 3.23. The second kappa shape index (κ2) is 8.96. The maximum absolute atomic E-state index is 12.8. The van der Waals surface area contributed by atoms with Gasteiger partial charge in [0.25, 0.3) is 11.8 Å². The van der Waals surface area contributed by atoms with Gasteiger partial charge >= 0.3 is 0 Å². The first-order valence-electron chi connectivity index (χ1n) is 10.0. The fourth-order valence-corrected chi connectivity index (χ4v) is 3.57. The number of aromatic nitrogens is 2. The van der Waals surface area contributed by atoms with Crippen LogP contribution >= 0.6 is 0 Å². The molecule has 0 radical (unpaired) electrons. The van der Waals surface area contributed by atoms with Crippen molar-refractivity contribution in [2.75, 3.05) is 51.3 Å². The van der Waals surface area contributed by atoms with E-state index in [2.05, 4.69) is 20.2 Å². The van der Waals surface area contributed by atoms with Gasteiger partial charge in [0, 0.05) is 56.9 Å². The van der Waals surface area contributed by atoms with Crippen LogP contribution in [0.4, 0.5) is 5.82 Å². The maximum atomic E-state index is 12.8. The zero-order valence-electron chi connectivity index (χ0n) is 16.9. The highest BCUT2D eigenvalue weighted by Gasteiger charge is 2.24. The van der Waals surface area contributed by atoms with Crippen LogP contribution < -0.4 is 10.2 Å². The number of carbonyl (C=O) groups is 2. The number of pyridine rings is 1. The number of nitrogens with one attached hydrogen (secondary N) is 2. The fraction of sp³-hybridized carbons (Fsp3) is 0.318. The van der Waals surface area contributed by atoms with E-state index in [-0.39, 0.29) is 11.8 Å². The number of para-hydroxylation sites is 1. The van der Waals surface area contributed by atoms with Crippen molar-refractivity contribution in [3.05, 3.63) is 59.9 Å². The largest absolute Gasteiger partial charge is 0.383 e. The molecule has 3 heterocycles. The van der Waals surface area contributed by atoms with E-state index in [0.29, 0.717) is 50.6 Å². The lowest BCUT2D eigenvalue weighted by atomic mass is 10.2. The molecule has 8 heteroatoms. The quantitative estimate of drug-likeness (QED) is 0.609. The van der Waals surface area contributed by atoms with Crippen molar-refractivity contribution in [2.45, 2.75) is 0 Å². The van der Waals surface area contributed by atoms with E-state index in [1.165, 1.54) is 0 Å². The molecule has 3 aromatic rings. The Morgan fingerprint density at radius 2 is 1.93 bits per heavy atom. The summed E-state index contributed by atoms with van der Waals surface area (Å²) in [6.07, 6.45) is 1.58. The van der Waals surface area contributed by atoms with Gasteiger partial charge in [-0.2, -0.15) is 0 Å². The summed E-state index contributed by atoms with van der Waals surface area (Å²) in [6, 6.07) is 13.4. The molecule has 30 heavy (non-hydrogen) atoms. The zero-order valence-corrected chi connectivity index (χ0v) is 16.9. The molecule has 1 saturated heterocycles. The molecule has 2 aromatic heterocycles. The summed E-state index contributed by atoms with van der Waals surface area (Å²) in [4.78, 5) is 36.5. The van der Waals surface area contributed by atoms with Crippen molar-refractivity contribution in [1.29, 1.82) is 0 Å². The first kappa shape index (κ1) is 19.9. The van der Waals surface area contributed by atoms with Gasteiger partial charge < -0.3 is 24.8 Å². The molecule has 0 unspecified atom stereocenters. The van der Waals surface area contributed by atoms with Gasteiger partial charge in [0.05, 0.1) is 12.2 Å². The fourth-order valence-electron chi connectivity index (χ4n) is 3.57. The van der Waals surface area contributed by atoms with Gasteiger partial charge in [-0.15, -0.1) is 0 Å². The number of rotatable bonds is 6. The number of fused-ring (bicyclic) bond motifs is 1. The number of carbonyl (C=O) groups excluding carboxylic acids is 2. The number of amides is 2. The number of hydrogen-bond donors (Lipinski definition) is 2. The highest BCUT2D eigenvalue weighted by molar-refractivity contribution is 5.98. The van der Waals surface area contributed by atoms with E-state index in [0.717, 1.165) is 16.7 Å². The van der Waals surface area contributed by atoms with Crippen molar-refractivity contribution in [3.8, 4) is 0 Å². The standard InChI is InChI=1S/C22H25N5O3/c1-30-13-8-23-21(28)17-6-7-20(24-15-17)26-9-11-27(12-10-26)22(29)19-14-16-4-2-3-5-18(16)25-19/h2-7,14-15,25H,8-13H2,1H3,(H,23,28). The van der Waals surface area contributed by atoms with Crippen LogP contribution in [-0.2, 0) is 4.74 Å². The van der Waals surface area contributed by atoms with Gasteiger partial charge in [-0.05, 0) is 24.3 Å². The summed E-state index contributed by atoms with van der Waals surface area (Å²) in [5.41, 5.74) is 2.10. The summed E-state index contributed by atoms with van der Waals surface area (Å²) in [5.74, 6) is 0.655. The van der Waals surface area contributed by atoms with Crippen molar-refractivity contribution in [3.63, 3.8) is 0 Å². The molecule has 1 aliphatic rings. The van der Waals surface area contributed by atoms with Gasteiger partial charge in [-0.25, -0.2) is 4.98 Å². The molecule has 0 aliphatic carbocycles. The first-order valence-corrected chi connectivity index (χ1v) is 10.0. The first-order chi connectivity index (χ1) is 14.7. The monoisotopic (exact) mass is 407 g/mol. The Morgan fingerprint density at radius 3 is 2.63 bits per heavy atom. The van der Waals surface area contributed by atoms with Crippen molar-refractivity contribution < 1.29 is 14.3 Å². The maximum Gasteiger partial charge on any atom is 0.270 e. The molecule has 156 valence electrons. The summed E-state index contributed by atoms with van der Waals surface area (Å²) >= 11 is 0. The van der Waals surface area contributed by atoms with Crippen LogP contribution in [0.15, 0.2) is 48.7 Å². The Morgan fingerprint density at radius 1 is 1.13 bits per heavy atom. The van der Waals surface area contributed by atoms with Crippen LogP contribution in [0.3, 0.4) is 0 Å². The SMILES string of the molecule is COCCNC(=O)c1ccc(N2CCN(C(=O)c3cc4ccccc4[nH]3)CC2)nc1. The van der Waals surface area contributed by atoms with Crippen LogP contribution in [0.5, 0.6) is 0 Å². The molecule has 0 atom stereocenters. The predicted molar refractivity (Wildman–Crippen MR) is 115 cm³/mol. The van der Waals surface area contributed by atoms with Gasteiger partial charge in [-0.1, -0.05) is 18.2 Å². The highest BCUT2D eigenvalue weighted by Crippen LogP contribution is 2.18. The van der Waals surface area contributed by atoms with E-state index >= 15 is 0 Å². The van der Waals surface area contributed by atoms with Crippen LogP contribution in [0.2, 0.25) is 0 Å². The minimum atomic E-state index is -0.167. The molecule has 1 aliphatic heterocycles. The number of aromatic amines is 1. The number of benzene rings is 1. The summed E-state index contributed by atoms with van der Waals surface area (Å²) in [5, 5.41) is 3.81. The molecule has 2 N–H and O–H groups in total. The topological polar surface area (TPSA) is 90.6 Å². The summed E-state index contributed by atoms with van der Waals surface area (Å²) < 4.78 is 4.93. The molecule has 0 saturated carbocycles. The van der Waals surface area contributed by atoms with Crippen molar-refractivity contribution >= 4 is 28.5 Å². The van der Waals surface area contributed by atoms with E-state index in [4.69, 9.17) is 4.74 Å². The smallest absolute Gasteiger partial charge is 0.270 e. The molecular weight excluding hydrogens is 382 g/mol. The molecule has 4 rings (SSSR count). The van der Waals surface area contributed by atoms with Gasteiger partial charge in [0.15, 0.2) is 0 Å². The third kappa shape index (κ3) is 4.28. The molecule has 8 nitrogen and oxygen atoms in total. The number of nitrogens with zero attached hydrogens (tertiary/aromatic N) is 3. The lowest BCUT2D eigenvalue weighted by molar-refractivity contribution is 0.0741. The van der Waals surface area contributed by atoms with E-state index in [1.54, 1.807) is 19.4 Å². The average molecular weight is 407 g/mol. The third-order valence-corrected chi connectivity index (χ3v) is 5.25. The lowest BCUT2D eigenvalue weighted by Crippen LogP contribution is -2.49.